The van der Waals surface area contributed by atoms with Gasteiger partial charge in [-0.25, -0.2) is 8.42 Å². The van der Waals surface area contributed by atoms with Gasteiger partial charge in [-0.2, -0.15) is 15.6 Å². The molecule has 3 rings (SSSR count). The monoisotopic (exact) mass is 342 g/mol. The zero-order valence-electron chi connectivity index (χ0n) is 11.8. The maximum absolute atomic E-state index is 13.0. The Morgan fingerprint density at radius 3 is 2.76 bits per heavy atom. The summed E-state index contributed by atoms with van der Waals surface area (Å²) in [5, 5.41) is 8.91. The van der Waals surface area contributed by atoms with Gasteiger partial charge in [0.2, 0.25) is 10.0 Å². The molecule has 0 spiro atoms. The molecule has 2 aromatic heterocycles. The van der Waals surface area contributed by atoms with E-state index in [0.717, 1.165) is 23.3 Å². The number of nitrogens with one attached hydrogen (secondary N) is 1. The third kappa shape index (κ3) is 3.22. The van der Waals surface area contributed by atoms with Crippen LogP contribution in [-0.2, 0) is 23.1 Å². The van der Waals surface area contributed by atoms with Gasteiger partial charge < -0.3 is 5.32 Å². The third-order valence-electron chi connectivity index (χ3n) is 3.50. The lowest BCUT2D eigenvalue weighted by molar-refractivity contribution is 0.399. The molecule has 1 N–H and O–H groups in total. The molecular formula is C14H18N2O2S3. The second-order valence-electron chi connectivity index (χ2n) is 5.15. The highest BCUT2D eigenvalue weighted by atomic mass is 32.2. The number of sulfonamides is 1. The molecule has 21 heavy (non-hydrogen) atoms. The topological polar surface area (TPSA) is 49.4 Å². The van der Waals surface area contributed by atoms with Gasteiger partial charge in [0.25, 0.3) is 0 Å². The standard InChI is InChI=1S/C14H18N2O2S3/c1-15-8-13-14(5-7-20-13)21(17,18)16(12-2-3-12)9-11-4-6-19-10-11/h4-7,10,12,15H,2-3,8-9H2,1H3. The maximum atomic E-state index is 13.0. The molecule has 1 fully saturated rings. The molecule has 0 amide bonds. The molecule has 114 valence electrons. The normalized spacial score (nSPS) is 15.7. The number of thiophene rings is 2. The van der Waals surface area contributed by atoms with Gasteiger partial charge >= 0.3 is 0 Å². The van der Waals surface area contributed by atoms with Crippen molar-refractivity contribution < 1.29 is 8.42 Å². The third-order valence-corrected chi connectivity index (χ3v) is 7.27. The summed E-state index contributed by atoms with van der Waals surface area (Å²) in [5.41, 5.74) is 1.07. The average molecular weight is 343 g/mol. The fourth-order valence-corrected chi connectivity index (χ4v) is 6.07. The summed E-state index contributed by atoms with van der Waals surface area (Å²) in [5.74, 6) is 0. The fraction of sp³-hybridized carbons (Fsp3) is 0.429. The Bertz CT molecular complexity index is 688. The van der Waals surface area contributed by atoms with Gasteiger partial charge in [0, 0.05) is 24.0 Å². The molecule has 1 aliphatic rings. The molecule has 0 aromatic carbocycles. The Labute approximate surface area is 133 Å². The second kappa shape index (κ2) is 6.18. The number of hydrogen-bond donors (Lipinski definition) is 1. The summed E-state index contributed by atoms with van der Waals surface area (Å²) in [7, 11) is -1.58. The Morgan fingerprint density at radius 1 is 1.33 bits per heavy atom. The van der Waals surface area contributed by atoms with Crippen LogP contribution < -0.4 is 5.32 Å². The molecule has 4 nitrogen and oxygen atoms in total. The minimum absolute atomic E-state index is 0.164. The van der Waals surface area contributed by atoms with Gasteiger partial charge in [-0.05, 0) is 53.7 Å². The van der Waals surface area contributed by atoms with Crippen LogP contribution in [-0.4, -0.2) is 25.8 Å². The number of hydrogen-bond acceptors (Lipinski definition) is 5. The first kappa shape index (κ1) is 15.2. The smallest absolute Gasteiger partial charge is 0.244 e. The largest absolute Gasteiger partial charge is 0.315 e. The highest BCUT2D eigenvalue weighted by molar-refractivity contribution is 7.89. The van der Waals surface area contributed by atoms with Crippen LogP contribution in [0.2, 0.25) is 0 Å². The molecular weight excluding hydrogens is 324 g/mol. The van der Waals surface area contributed by atoms with Crippen molar-refractivity contribution in [3.8, 4) is 0 Å². The average Bonchev–Trinajstić information content (AvgIpc) is 2.96. The van der Waals surface area contributed by atoms with Gasteiger partial charge in [0.05, 0.1) is 4.90 Å². The van der Waals surface area contributed by atoms with E-state index >= 15 is 0 Å². The van der Waals surface area contributed by atoms with E-state index in [1.54, 1.807) is 21.7 Å². The van der Waals surface area contributed by atoms with Crippen LogP contribution in [0.4, 0.5) is 0 Å². The van der Waals surface area contributed by atoms with E-state index in [9.17, 15) is 8.42 Å². The van der Waals surface area contributed by atoms with Crippen LogP contribution in [0.5, 0.6) is 0 Å². The van der Waals surface area contributed by atoms with Crippen molar-refractivity contribution in [1.29, 1.82) is 0 Å². The van der Waals surface area contributed by atoms with Gasteiger partial charge in [0.1, 0.15) is 0 Å². The van der Waals surface area contributed by atoms with Crippen molar-refractivity contribution in [2.24, 2.45) is 0 Å². The van der Waals surface area contributed by atoms with Crippen molar-refractivity contribution in [2.45, 2.75) is 36.9 Å². The summed E-state index contributed by atoms with van der Waals surface area (Å²) in [6.45, 7) is 1.06. The van der Waals surface area contributed by atoms with E-state index in [1.165, 1.54) is 11.3 Å². The summed E-state index contributed by atoms with van der Waals surface area (Å²) in [6, 6.07) is 3.89. The van der Waals surface area contributed by atoms with Crippen molar-refractivity contribution >= 4 is 32.7 Å². The summed E-state index contributed by atoms with van der Waals surface area (Å²) < 4.78 is 27.7. The lowest BCUT2D eigenvalue weighted by Crippen LogP contribution is -2.33. The fourth-order valence-electron chi connectivity index (χ4n) is 2.31. The lowest BCUT2D eigenvalue weighted by atomic mass is 10.3. The molecule has 7 heteroatoms. The molecule has 0 aliphatic heterocycles. The first-order valence-electron chi connectivity index (χ1n) is 6.87. The Morgan fingerprint density at radius 2 is 2.14 bits per heavy atom. The van der Waals surface area contributed by atoms with Crippen molar-refractivity contribution in [3.05, 3.63) is 38.7 Å². The summed E-state index contributed by atoms with van der Waals surface area (Å²) in [6.07, 6.45) is 1.93. The summed E-state index contributed by atoms with van der Waals surface area (Å²) in [4.78, 5) is 1.34. The highest BCUT2D eigenvalue weighted by Gasteiger charge is 2.39. The second-order valence-corrected chi connectivity index (χ2v) is 8.79. The van der Waals surface area contributed by atoms with Crippen molar-refractivity contribution in [1.82, 2.24) is 9.62 Å². The lowest BCUT2D eigenvalue weighted by Gasteiger charge is -2.21. The van der Waals surface area contributed by atoms with Crippen LogP contribution in [0.25, 0.3) is 0 Å². The highest BCUT2D eigenvalue weighted by Crippen LogP contribution is 2.35. The molecule has 0 radical (unpaired) electrons. The molecule has 1 saturated carbocycles. The van der Waals surface area contributed by atoms with Crippen molar-refractivity contribution in [3.63, 3.8) is 0 Å². The molecule has 0 atom stereocenters. The minimum atomic E-state index is -3.42. The minimum Gasteiger partial charge on any atom is -0.315 e. The van der Waals surface area contributed by atoms with E-state index in [4.69, 9.17) is 0 Å². The molecule has 0 saturated heterocycles. The Balaban J connectivity index is 1.91. The summed E-state index contributed by atoms with van der Waals surface area (Å²) >= 11 is 3.10. The molecule has 2 heterocycles. The predicted molar refractivity (Wildman–Crippen MR) is 87.2 cm³/mol. The van der Waals surface area contributed by atoms with Crippen LogP contribution in [0.3, 0.4) is 0 Å². The molecule has 0 unspecified atom stereocenters. The first-order valence-corrected chi connectivity index (χ1v) is 10.1. The van der Waals surface area contributed by atoms with Crippen LogP contribution in [0, 0.1) is 0 Å². The predicted octanol–water partition coefficient (Wildman–Crippen LogP) is 2.88. The van der Waals surface area contributed by atoms with Gasteiger partial charge in [0.15, 0.2) is 0 Å². The quantitative estimate of drug-likeness (QED) is 0.842. The van der Waals surface area contributed by atoms with E-state index < -0.39 is 10.0 Å². The van der Waals surface area contributed by atoms with E-state index in [0.29, 0.717) is 18.0 Å². The van der Waals surface area contributed by atoms with Crippen LogP contribution in [0.1, 0.15) is 23.3 Å². The SMILES string of the molecule is CNCc1sccc1S(=O)(=O)N(Cc1ccsc1)C1CC1. The van der Waals surface area contributed by atoms with Gasteiger partial charge in [-0.15, -0.1) is 11.3 Å². The van der Waals surface area contributed by atoms with Gasteiger partial charge in [-0.3, -0.25) is 0 Å². The number of nitrogens with zero attached hydrogens (tertiary/aromatic N) is 1. The van der Waals surface area contributed by atoms with Crippen molar-refractivity contribution in [2.75, 3.05) is 7.05 Å². The molecule has 0 bridgehead atoms. The zero-order chi connectivity index (χ0) is 14.9. The van der Waals surface area contributed by atoms with Crippen LogP contribution >= 0.6 is 22.7 Å². The molecule has 1 aliphatic carbocycles. The van der Waals surface area contributed by atoms with Gasteiger partial charge in [-0.1, -0.05) is 0 Å². The first-order chi connectivity index (χ1) is 10.1. The van der Waals surface area contributed by atoms with E-state index in [2.05, 4.69) is 5.32 Å². The Hall–Kier alpha value is -0.730. The zero-order valence-corrected chi connectivity index (χ0v) is 14.2. The van der Waals surface area contributed by atoms with E-state index in [1.807, 2.05) is 29.3 Å². The van der Waals surface area contributed by atoms with E-state index in [-0.39, 0.29) is 6.04 Å². The molecule has 2 aromatic rings. The Kier molecular flexibility index (Phi) is 4.46. The maximum Gasteiger partial charge on any atom is 0.244 e. The van der Waals surface area contributed by atoms with Crippen LogP contribution in [0.15, 0.2) is 33.2 Å². The number of rotatable bonds is 7.